The first-order valence-corrected chi connectivity index (χ1v) is 6.43. The van der Waals surface area contributed by atoms with E-state index >= 15 is 0 Å². The molecule has 0 radical (unpaired) electrons. The van der Waals surface area contributed by atoms with Gasteiger partial charge in [-0.15, -0.1) is 0 Å². The number of nitrogens with one attached hydrogen (secondary N) is 1. The van der Waals surface area contributed by atoms with Gasteiger partial charge in [-0.2, -0.15) is 0 Å². The van der Waals surface area contributed by atoms with Crippen molar-refractivity contribution in [2.75, 3.05) is 11.9 Å². The number of halogens is 1. The average molecular weight is 300 g/mol. The van der Waals surface area contributed by atoms with Gasteiger partial charge < -0.3 is 16.8 Å². The molecule has 0 bridgehead atoms. The Hall–Kier alpha value is -1.07. The highest BCUT2D eigenvalue weighted by Gasteiger charge is 2.09. The molecule has 1 atom stereocenters. The molecule has 1 aromatic carbocycles. The summed E-state index contributed by atoms with van der Waals surface area (Å²) < 4.78 is 0.823. The molecule has 5 heteroatoms. The number of hydrogen-bond acceptors (Lipinski definition) is 3. The summed E-state index contributed by atoms with van der Waals surface area (Å²) in [6.07, 6.45) is 2.09. The molecular formula is C12H18BrN3O. The Balaban J connectivity index is 2.81. The minimum Gasteiger partial charge on any atom is -0.380 e. The van der Waals surface area contributed by atoms with E-state index in [1.54, 1.807) is 12.1 Å². The van der Waals surface area contributed by atoms with Crippen molar-refractivity contribution in [3.05, 3.63) is 28.2 Å². The largest absolute Gasteiger partial charge is 0.380 e. The summed E-state index contributed by atoms with van der Waals surface area (Å²) in [5.41, 5.74) is 12.3. The van der Waals surface area contributed by atoms with Gasteiger partial charge in [-0.1, -0.05) is 13.3 Å². The minimum atomic E-state index is -0.429. The van der Waals surface area contributed by atoms with Gasteiger partial charge in [0.25, 0.3) is 0 Å². The van der Waals surface area contributed by atoms with E-state index in [1.807, 2.05) is 6.07 Å². The highest BCUT2D eigenvalue weighted by Crippen LogP contribution is 2.24. The molecular weight excluding hydrogens is 282 g/mol. The van der Waals surface area contributed by atoms with Crippen LogP contribution in [0.3, 0.4) is 0 Å². The van der Waals surface area contributed by atoms with Crippen molar-refractivity contribution < 1.29 is 4.79 Å². The van der Waals surface area contributed by atoms with Crippen LogP contribution in [0.1, 0.15) is 30.1 Å². The van der Waals surface area contributed by atoms with Crippen LogP contribution in [0.25, 0.3) is 0 Å². The van der Waals surface area contributed by atoms with Crippen LogP contribution in [0.4, 0.5) is 5.69 Å². The van der Waals surface area contributed by atoms with Crippen LogP contribution in [0.15, 0.2) is 22.7 Å². The number of amides is 1. The molecule has 0 aliphatic heterocycles. The van der Waals surface area contributed by atoms with Crippen LogP contribution in [-0.2, 0) is 0 Å². The molecule has 94 valence electrons. The van der Waals surface area contributed by atoms with Gasteiger partial charge in [-0.05, 0) is 40.5 Å². The molecule has 1 rings (SSSR count). The monoisotopic (exact) mass is 299 g/mol. The van der Waals surface area contributed by atoms with Crippen LogP contribution in [0, 0.1) is 0 Å². The fourth-order valence-electron chi connectivity index (χ4n) is 1.60. The van der Waals surface area contributed by atoms with Gasteiger partial charge in [-0.3, -0.25) is 4.79 Å². The predicted octanol–water partition coefficient (Wildman–Crippen LogP) is 2.09. The quantitative estimate of drug-likeness (QED) is 0.752. The Labute approximate surface area is 110 Å². The zero-order chi connectivity index (χ0) is 12.8. The van der Waals surface area contributed by atoms with Gasteiger partial charge in [0.1, 0.15) is 0 Å². The second-order valence-electron chi connectivity index (χ2n) is 3.92. The van der Waals surface area contributed by atoms with E-state index in [2.05, 4.69) is 28.2 Å². The minimum absolute atomic E-state index is 0.246. The fourth-order valence-corrected chi connectivity index (χ4v) is 2.10. The second kappa shape index (κ2) is 6.61. The molecule has 0 aliphatic rings. The van der Waals surface area contributed by atoms with Crippen molar-refractivity contribution in [1.82, 2.24) is 0 Å². The lowest BCUT2D eigenvalue weighted by Crippen LogP contribution is -2.28. The standard InChI is InChI=1S/C12H18BrN3O/c1-2-3-9(7-14)16-11-5-4-8(12(15)17)6-10(11)13/h4-6,9,16H,2-3,7,14H2,1H3,(H2,15,17). The highest BCUT2D eigenvalue weighted by molar-refractivity contribution is 9.10. The molecule has 0 aromatic heterocycles. The van der Waals surface area contributed by atoms with Crippen molar-refractivity contribution in [3.8, 4) is 0 Å². The SMILES string of the molecule is CCCC(CN)Nc1ccc(C(N)=O)cc1Br. The van der Waals surface area contributed by atoms with Gasteiger partial charge in [0.05, 0.1) is 0 Å². The number of anilines is 1. The average Bonchev–Trinajstić information content (AvgIpc) is 2.30. The topological polar surface area (TPSA) is 81.1 Å². The number of carbonyl (C=O) groups is 1. The normalized spacial score (nSPS) is 12.2. The predicted molar refractivity (Wildman–Crippen MR) is 74.0 cm³/mol. The van der Waals surface area contributed by atoms with Crippen molar-refractivity contribution in [3.63, 3.8) is 0 Å². The molecule has 4 nitrogen and oxygen atoms in total. The van der Waals surface area contributed by atoms with Crippen LogP contribution < -0.4 is 16.8 Å². The molecule has 0 fully saturated rings. The van der Waals surface area contributed by atoms with Crippen LogP contribution in [0.5, 0.6) is 0 Å². The molecule has 17 heavy (non-hydrogen) atoms. The van der Waals surface area contributed by atoms with E-state index in [0.717, 1.165) is 23.0 Å². The number of benzene rings is 1. The van der Waals surface area contributed by atoms with Crippen molar-refractivity contribution in [2.45, 2.75) is 25.8 Å². The van der Waals surface area contributed by atoms with Crippen LogP contribution in [-0.4, -0.2) is 18.5 Å². The molecule has 1 aromatic rings. The second-order valence-corrected chi connectivity index (χ2v) is 4.78. The Morgan fingerprint density at radius 1 is 1.53 bits per heavy atom. The van der Waals surface area contributed by atoms with E-state index in [4.69, 9.17) is 11.5 Å². The fraction of sp³-hybridized carbons (Fsp3) is 0.417. The Morgan fingerprint density at radius 3 is 2.71 bits per heavy atom. The number of nitrogens with two attached hydrogens (primary N) is 2. The van der Waals surface area contributed by atoms with Crippen molar-refractivity contribution >= 4 is 27.5 Å². The van der Waals surface area contributed by atoms with E-state index in [9.17, 15) is 4.79 Å². The maximum atomic E-state index is 11.0. The molecule has 0 heterocycles. The summed E-state index contributed by atoms with van der Waals surface area (Å²) in [6, 6.07) is 5.50. The third-order valence-corrected chi connectivity index (χ3v) is 3.19. The van der Waals surface area contributed by atoms with Crippen LogP contribution in [0.2, 0.25) is 0 Å². The summed E-state index contributed by atoms with van der Waals surface area (Å²) in [6.45, 7) is 2.70. The van der Waals surface area contributed by atoms with E-state index in [-0.39, 0.29) is 6.04 Å². The summed E-state index contributed by atoms with van der Waals surface area (Å²) in [4.78, 5) is 11.0. The van der Waals surface area contributed by atoms with Gasteiger partial charge in [0.2, 0.25) is 5.91 Å². The van der Waals surface area contributed by atoms with Crippen molar-refractivity contribution in [2.24, 2.45) is 11.5 Å². The highest BCUT2D eigenvalue weighted by atomic mass is 79.9. The maximum absolute atomic E-state index is 11.0. The van der Waals surface area contributed by atoms with Gasteiger partial charge >= 0.3 is 0 Å². The number of hydrogen-bond donors (Lipinski definition) is 3. The first-order valence-electron chi connectivity index (χ1n) is 5.64. The van der Waals surface area contributed by atoms with E-state index in [1.165, 1.54) is 0 Å². The zero-order valence-corrected chi connectivity index (χ0v) is 11.5. The molecule has 0 aliphatic carbocycles. The summed E-state index contributed by atoms with van der Waals surface area (Å²) >= 11 is 3.41. The zero-order valence-electron chi connectivity index (χ0n) is 9.87. The Bertz CT molecular complexity index is 395. The molecule has 0 saturated heterocycles. The molecule has 5 N–H and O–H groups in total. The lowest BCUT2D eigenvalue weighted by Gasteiger charge is -2.18. The first kappa shape index (κ1) is 14.0. The number of rotatable bonds is 6. The molecule has 1 unspecified atom stereocenters. The third kappa shape index (κ3) is 4.02. The summed E-state index contributed by atoms with van der Waals surface area (Å²) in [5, 5.41) is 3.34. The summed E-state index contributed by atoms with van der Waals surface area (Å²) in [5.74, 6) is -0.429. The Kier molecular flexibility index (Phi) is 5.44. The molecule has 1 amide bonds. The third-order valence-electron chi connectivity index (χ3n) is 2.53. The summed E-state index contributed by atoms with van der Waals surface area (Å²) in [7, 11) is 0. The van der Waals surface area contributed by atoms with Crippen LogP contribution >= 0.6 is 15.9 Å². The maximum Gasteiger partial charge on any atom is 0.248 e. The van der Waals surface area contributed by atoms with Gasteiger partial charge in [0.15, 0.2) is 0 Å². The smallest absolute Gasteiger partial charge is 0.248 e. The number of carbonyl (C=O) groups excluding carboxylic acids is 1. The first-order chi connectivity index (χ1) is 8.08. The number of primary amides is 1. The lowest BCUT2D eigenvalue weighted by atomic mass is 10.1. The van der Waals surface area contributed by atoms with E-state index < -0.39 is 5.91 Å². The lowest BCUT2D eigenvalue weighted by molar-refractivity contribution is 0.100. The van der Waals surface area contributed by atoms with E-state index in [0.29, 0.717) is 12.1 Å². The molecule has 0 saturated carbocycles. The van der Waals surface area contributed by atoms with Gasteiger partial charge in [0, 0.05) is 28.3 Å². The van der Waals surface area contributed by atoms with Gasteiger partial charge in [-0.25, -0.2) is 0 Å². The molecule has 0 spiro atoms. The van der Waals surface area contributed by atoms with Crippen molar-refractivity contribution in [1.29, 1.82) is 0 Å². The Morgan fingerprint density at radius 2 is 2.24 bits per heavy atom.